The Labute approximate surface area is 132 Å². The number of aliphatic carboxylic acids is 1. The van der Waals surface area contributed by atoms with Gasteiger partial charge >= 0.3 is 5.97 Å². The summed E-state index contributed by atoms with van der Waals surface area (Å²) in [4.78, 5) is 23.1. The van der Waals surface area contributed by atoms with Crippen molar-refractivity contribution in [2.24, 2.45) is 5.41 Å². The molecule has 3 N–H and O–H groups in total. The van der Waals surface area contributed by atoms with E-state index in [2.05, 4.69) is 21.2 Å². The lowest BCUT2D eigenvalue weighted by Crippen LogP contribution is -2.39. The molecule has 1 aromatic carbocycles. The highest BCUT2D eigenvalue weighted by atomic mass is 79.9. The van der Waals surface area contributed by atoms with Crippen LogP contribution in [0, 0.1) is 5.41 Å². The number of carbonyl (C=O) groups is 2. The lowest BCUT2D eigenvalue weighted by molar-refractivity contribution is -0.137. The molecule has 0 spiro atoms. The molecule has 0 aliphatic rings. The number of carbonyl (C=O) groups excluding carboxylic acids is 1. The van der Waals surface area contributed by atoms with E-state index in [0.29, 0.717) is 10.9 Å². The lowest BCUT2D eigenvalue weighted by Gasteiger charge is -2.26. The number of phenolic OH excluding ortho intramolecular Hbond substituents is 1. The quantitative estimate of drug-likeness (QED) is 0.755. The predicted molar refractivity (Wildman–Crippen MR) is 83.4 cm³/mol. The molecule has 0 saturated carbocycles. The van der Waals surface area contributed by atoms with Crippen molar-refractivity contribution in [3.8, 4) is 5.75 Å². The fourth-order valence-corrected chi connectivity index (χ4v) is 2.43. The minimum absolute atomic E-state index is 0.116. The van der Waals surface area contributed by atoms with Gasteiger partial charge in [-0.3, -0.25) is 9.59 Å². The number of halogens is 1. The van der Waals surface area contributed by atoms with Crippen LogP contribution in [0.1, 0.15) is 44.0 Å². The van der Waals surface area contributed by atoms with Gasteiger partial charge in [0.15, 0.2) is 0 Å². The zero-order valence-corrected chi connectivity index (χ0v) is 13.9. The van der Waals surface area contributed by atoms with E-state index >= 15 is 0 Å². The molecule has 0 aliphatic heterocycles. The van der Waals surface area contributed by atoms with Crippen molar-refractivity contribution in [2.45, 2.75) is 39.7 Å². The first-order chi connectivity index (χ1) is 9.58. The van der Waals surface area contributed by atoms with Gasteiger partial charge in [0.2, 0.25) is 0 Å². The van der Waals surface area contributed by atoms with E-state index in [4.69, 9.17) is 5.11 Å². The number of carboxylic acid groups (broad SMARTS) is 1. The van der Waals surface area contributed by atoms with Crippen LogP contribution >= 0.6 is 15.9 Å². The Morgan fingerprint density at radius 3 is 2.43 bits per heavy atom. The molecule has 6 heteroatoms. The standard InChI is InChI=1S/C15H20BrNO4/c1-15(2,3)8-10(7-13(19)20)17-14(21)11-5-4-9(16)6-12(11)18/h4-6,10,18H,7-8H2,1-3H3,(H,17,21)(H,19,20). The molecule has 0 radical (unpaired) electrons. The summed E-state index contributed by atoms with van der Waals surface area (Å²) in [5.41, 5.74) is 0.0114. The Balaban J connectivity index is 2.86. The molecule has 0 fully saturated rings. The van der Waals surface area contributed by atoms with Crippen molar-refractivity contribution >= 4 is 27.8 Å². The Bertz CT molecular complexity index is 537. The number of carboxylic acids is 1. The molecule has 116 valence electrons. The first kappa shape index (κ1) is 17.5. The summed E-state index contributed by atoms with van der Waals surface area (Å²) in [5.74, 6) is -1.59. The predicted octanol–water partition coefficient (Wildman–Crippen LogP) is 3.16. The average molecular weight is 358 g/mol. The van der Waals surface area contributed by atoms with Crippen LogP contribution in [0.4, 0.5) is 0 Å². The second kappa shape index (κ2) is 6.93. The fourth-order valence-electron chi connectivity index (χ4n) is 2.08. The van der Waals surface area contributed by atoms with Gasteiger partial charge in [0.05, 0.1) is 12.0 Å². The number of rotatable bonds is 5. The van der Waals surface area contributed by atoms with Gasteiger partial charge in [-0.15, -0.1) is 0 Å². The monoisotopic (exact) mass is 357 g/mol. The van der Waals surface area contributed by atoms with Crippen molar-refractivity contribution in [1.29, 1.82) is 0 Å². The Morgan fingerprint density at radius 1 is 1.33 bits per heavy atom. The van der Waals surface area contributed by atoms with Crippen LogP contribution in [-0.2, 0) is 4.79 Å². The highest BCUT2D eigenvalue weighted by molar-refractivity contribution is 9.10. The van der Waals surface area contributed by atoms with Crippen LogP contribution in [0.5, 0.6) is 5.75 Å². The van der Waals surface area contributed by atoms with Crippen LogP contribution in [0.3, 0.4) is 0 Å². The van der Waals surface area contributed by atoms with Crippen molar-refractivity contribution < 1.29 is 19.8 Å². The van der Waals surface area contributed by atoms with E-state index in [-0.39, 0.29) is 23.1 Å². The van der Waals surface area contributed by atoms with Gasteiger partial charge in [0, 0.05) is 10.5 Å². The van der Waals surface area contributed by atoms with Gasteiger partial charge in [-0.25, -0.2) is 0 Å². The van der Waals surface area contributed by atoms with Crippen LogP contribution in [-0.4, -0.2) is 28.1 Å². The van der Waals surface area contributed by atoms with Crippen molar-refractivity contribution in [3.05, 3.63) is 28.2 Å². The molecule has 0 heterocycles. The second-order valence-electron chi connectivity index (χ2n) is 6.19. The number of nitrogens with one attached hydrogen (secondary N) is 1. The largest absolute Gasteiger partial charge is 0.507 e. The molecule has 1 amide bonds. The Kier molecular flexibility index (Phi) is 5.78. The number of amides is 1. The third-order valence-corrected chi connectivity index (χ3v) is 3.31. The molecule has 0 aromatic heterocycles. The molecule has 1 atom stereocenters. The Hall–Kier alpha value is -1.56. The van der Waals surface area contributed by atoms with Gasteiger partial charge < -0.3 is 15.5 Å². The molecule has 21 heavy (non-hydrogen) atoms. The molecule has 0 bridgehead atoms. The molecular formula is C15H20BrNO4. The number of hydrogen-bond acceptors (Lipinski definition) is 3. The van der Waals surface area contributed by atoms with Crippen molar-refractivity contribution in [1.82, 2.24) is 5.32 Å². The molecule has 1 rings (SSSR count). The van der Waals surface area contributed by atoms with Gasteiger partial charge in [0.25, 0.3) is 5.91 Å². The molecule has 0 saturated heterocycles. The minimum Gasteiger partial charge on any atom is -0.507 e. The average Bonchev–Trinajstić information content (AvgIpc) is 2.24. The molecule has 1 aromatic rings. The lowest BCUT2D eigenvalue weighted by atomic mass is 9.87. The number of aromatic hydroxyl groups is 1. The van der Waals surface area contributed by atoms with Crippen LogP contribution in [0.15, 0.2) is 22.7 Å². The highest BCUT2D eigenvalue weighted by Gasteiger charge is 2.24. The normalized spacial score (nSPS) is 12.8. The van der Waals surface area contributed by atoms with Crippen molar-refractivity contribution in [2.75, 3.05) is 0 Å². The van der Waals surface area contributed by atoms with Crippen LogP contribution in [0.25, 0.3) is 0 Å². The maximum absolute atomic E-state index is 12.2. The van der Waals surface area contributed by atoms with E-state index in [1.54, 1.807) is 6.07 Å². The zero-order valence-electron chi connectivity index (χ0n) is 12.3. The van der Waals surface area contributed by atoms with E-state index in [1.165, 1.54) is 12.1 Å². The first-order valence-electron chi connectivity index (χ1n) is 6.59. The van der Waals surface area contributed by atoms with Gasteiger partial charge in [-0.05, 0) is 30.0 Å². The number of phenols is 1. The molecule has 0 aliphatic carbocycles. The first-order valence-corrected chi connectivity index (χ1v) is 7.39. The minimum atomic E-state index is -0.968. The maximum Gasteiger partial charge on any atom is 0.305 e. The van der Waals surface area contributed by atoms with E-state index in [1.807, 2.05) is 20.8 Å². The summed E-state index contributed by atoms with van der Waals surface area (Å²) in [6, 6.07) is 4.07. The van der Waals surface area contributed by atoms with E-state index in [9.17, 15) is 14.7 Å². The Morgan fingerprint density at radius 2 is 1.95 bits per heavy atom. The maximum atomic E-state index is 12.2. The second-order valence-corrected chi connectivity index (χ2v) is 7.11. The van der Waals surface area contributed by atoms with Gasteiger partial charge in [0.1, 0.15) is 5.75 Å². The molecular weight excluding hydrogens is 338 g/mol. The summed E-state index contributed by atoms with van der Waals surface area (Å²) in [7, 11) is 0. The zero-order chi connectivity index (χ0) is 16.2. The third-order valence-electron chi connectivity index (χ3n) is 2.82. The summed E-state index contributed by atoms with van der Waals surface area (Å²) < 4.78 is 0.660. The van der Waals surface area contributed by atoms with Crippen LogP contribution < -0.4 is 5.32 Å². The fraction of sp³-hybridized carbons (Fsp3) is 0.467. The van der Waals surface area contributed by atoms with Gasteiger partial charge in [-0.1, -0.05) is 36.7 Å². The summed E-state index contributed by atoms with van der Waals surface area (Å²) in [6.07, 6.45) is 0.378. The van der Waals surface area contributed by atoms with Crippen molar-refractivity contribution in [3.63, 3.8) is 0 Å². The summed E-state index contributed by atoms with van der Waals surface area (Å²) in [6.45, 7) is 5.93. The molecule has 1 unspecified atom stereocenters. The van der Waals surface area contributed by atoms with Crippen LogP contribution in [0.2, 0.25) is 0 Å². The highest BCUT2D eigenvalue weighted by Crippen LogP contribution is 2.25. The molecule has 5 nitrogen and oxygen atoms in total. The van der Waals surface area contributed by atoms with E-state index in [0.717, 1.165) is 0 Å². The summed E-state index contributed by atoms with van der Waals surface area (Å²) in [5, 5.41) is 21.4. The van der Waals surface area contributed by atoms with E-state index < -0.39 is 17.9 Å². The van der Waals surface area contributed by atoms with Gasteiger partial charge in [-0.2, -0.15) is 0 Å². The topological polar surface area (TPSA) is 86.6 Å². The third kappa shape index (κ3) is 6.16. The number of benzene rings is 1. The smallest absolute Gasteiger partial charge is 0.305 e. The number of hydrogen-bond donors (Lipinski definition) is 3. The summed E-state index contributed by atoms with van der Waals surface area (Å²) >= 11 is 3.20. The SMILES string of the molecule is CC(C)(C)CC(CC(=O)O)NC(=O)c1ccc(Br)cc1O.